The average Bonchev–Trinajstić information content (AvgIpc) is 2.22. The molecule has 1 heterocycles. The van der Waals surface area contributed by atoms with Crippen molar-refractivity contribution in [2.75, 3.05) is 5.32 Å². The van der Waals surface area contributed by atoms with Crippen molar-refractivity contribution in [1.29, 1.82) is 0 Å². The summed E-state index contributed by atoms with van der Waals surface area (Å²) in [6.07, 6.45) is 6.35. The highest BCUT2D eigenvalue weighted by Crippen LogP contribution is 2.26. The summed E-state index contributed by atoms with van der Waals surface area (Å²) in [5.74, 6) is 0.819. The Labute approximate surface area is 104 Å². The van der Waals surface area contributed by atoms with Crippen LogP contribution in [-0.2, 0) is 0 Å². The van der Waals surface area contributed by atoms with Gasteiger partial charge in [0.05, 0.1) is 0 Å². The summed E-state index contributed by atoms with van der Waals surface area (Å²) in [4.78, 5) is 4.06. The third-order valence-electron chi connectivity index (χ3n) is 3.09. The number of anilines is 1. The molecule has 1 aromatic rings. The number of halogens is 2. The maximum Gasteiger partial charge on any atom is 0.166 e. The smallest absolute Gasteiger partial charge is 0.166 e. The average molecular weight is 287 g/mol. The molecule has 0 amide bonds. The fourth-order valence-corrected chi connectivity index (χ4v) is 2.58. The highest BCUT2D eigenvalue weighted by Gasteiger charge is 2.19. The van der Waals surface area contributed by atoms with Gasteiger partial charge in [-0.05, 0) is 40.8 Å². The van der Waals surface area contributed by atoms with Crippen molar-refractivity contribution in [3.8, 4) is 0 Å². The number of aromatic nitrogens is 1. The first kappa shape index (κ1) is 11.8. The van der Waals surface area contributed by atoms with Gasteiger partial charge in [-0.25, -0.2) is 9.37 Å². The molecule has 1 fully saturated rings. The van der Waals surface area contributed by atoms with Gasteiger partial charge < -0.3 is 5.32 Å². The van der Waals surface area contributed by atoms with Gasteiger partial charge in [0.2, 0.25) is 0 Å². The second-order valence-corrected chi connectivity index (χ2v) is 5.51. The zero-order valence-corrected chi connectivity index (χ0v) is 10.9. The van der Waals surface area contributed by atoms with Crippen LogP contribution in [0, 0.1) is 11.7 Å². The summed E-state index contributed by atoms with van der Waals surface area (Å²) in [6, 6.07) is 1.81. The highest BCUT2D eigenvalue weighted by atomic mass is 79.9. The van der Waals surface area contributed by atoms with Crippen molar-refractivity contribution < 1.29 is 4.39 Å². The second kappa shape index (κ2) is 5.13. The summed E-state index contributed by atoms with van der Waals surface area (Å²) in [5.41, 5.74) is 0. The predicted molar refractivity (Wildman–Crippen MR) is 66.9 cm³/mol. The first-order valence-corrected chi connectivity index (χ1v) is 6.52. The number of pyridine rings is 1. The van der Waals surface area contributed by atoms with Crippen LogP contribution in [0.25, 0.3) is 0 Å². The van der Waals surface area contributed by atoms with E-state index in [2.05, 4.69) is 33.2 Å². The molecule has 1 aliphatic rings. The van der Waals surface area contributed by atoms with E-state index < -0.39 is 0 Å². The molecule has 4 heteroatoms. The first-order valence-electron chi connectivity index (χ1n) is 5.72. The molecule has 1 N–H and O–H groups in total. The van der Waals surface area contributed by atoms with Crippen LogP contribution in [0.15, 0.2) is 16.7 Å². The minimum atomic E-state index is -0.285. The van der Waals surface area contributed by atoms with Gasteiger partial charge in [-0.2, -0.15) is 0 Å². The van der Waals surface area contributed by atoms with Gasteiger partial charge in [0, 0.05) is 16.7 Å². The third-order valence-corrected chi connectivity index (χ3v) is 3.52. The molecule has 2 nitrogen and oxygen atoms in total. The Kier molecular flexibility index (Phi) is 3.79. The molecule has 0 aromatic carbocycles. The fourth-order valence-electron chi connectivity index (χ4n) is 2.28. The summed E-state index contributed by atoms with van der Waals surface area (Å²) in [5, 5.41) is 3.20. The zero-order valence-electron chi connectivity index (χ0n) is 9.34. The van der Waals surface area contributed by atoms with Crippen molar-refractivity contribution in [3.05, 3.63) is 22.6 Å². The molecular formula is C12H16BrFN2. The normalized spacial score (nSPS) is 25.4. The van der Waals surface area contributed by atoms with E-state index in [-0.39, 0.29) is 5.82 Å². The van der Waals surface area contributed by atoms with Crippen LogP contribution < -0.4 is 5.32 Å². The van der Waals surface area contributed by atoms with Crippen LogP contribution in [0.5, 0.6) is 0 Å². The minimum absolute atomic E-state index is 0.285. The lowest BCUT2D eigenvalue weighted by Crippen LogP contribution is -2.27. The van der Waals surface area contributed by atoms with Crippen molar-refractivity contribution in [1.82, 2.24) is 4.98 Å². The Balaban J connectivity index is 2.02. The lowest BCUT2D eigenvalue weighted by Gasteiger charge is -2.27. The monoisotopic (exact) mass is 286 g/mol. The van der Waals surface area contributed by atoms with E-state index in [4.69, 9.17) is 0 Å². The number of rotatable bonds is 2. The van der Waals surface area contributed by atoms with E-state index >= 15 is 0 Å². The lowest BCUT2D eigenvalue weighted by molar-refractivity contribution is 0.357. The topological polar surface area (TPSA) is 24.9 Å². The first-order chi connectivity index (χ1) is 7.65. The molecule has 0 saturated heterocycles. The molecule has 0 aliphatic heterocycles. The number of nitrogens with zero attached hydrogens (tertiary/aromatic N) is 1. The Morgan fingerprint density at radius 1 is 1.50 bits per heavy atom. The van der Waals surface area contributed by atoms with Gasteiger partial charge in [0.1, 0.15) is 0 Å². The molecule has 0 spiro atoms. The zero-order chi connectivity index (χ0) is 11.5. The van der Waals surface area contributed by atoms with Gasteiger partial charge in [0.15, 0.2) is 11.6 Å². The summed E-state index contributed by atoms with van der Waals surface area (Å²) < 4.78 is 14.2. The minimum Gasteiger partial charge on any atom is -0.365 e. The van der Waals surface area contributed by atoms with Crippen LogP contribution in [0.2, 0.25) is 0 Å². The van der Waals surface area contributed by atoms with Crippen LogP contribution in [0.4, 0.5) is 10.2 Å². The Morgan fingerprint density at radius 3 is 3.00 bits per heavy atom. The standard InChI is InChI=1S/C12H16BrFN2/c1-8-3-2-4-10(5-8)16-12-11(14)6-9(13)7-15-12/h6-8,10H,2-5H2,1H3,(H,15,16). The maximum absolute atomic E-state index is 13.5. The summed E-state index contributed by atoms with van der Waals surface area (Å²) >= 11 is 3.20. The summed E-state index contributed by atoms with van der Waals surface area (Å²) in [7, 11) is 0. The molecule has 1 aliphatic carbocycles. The molecular weight excluding hydrogens is 271 g/mol. The van der Waals surface area contributed by atoms with Gasteiger partial charge >= 0.3 is 0 Å². The molecule has 16 heavy (non-hydrogen) atoms. The van der Waals surface area contributed by atoms with E-state index in [0.717, 1.165) is 18.8 Å². The molecule has 2 atom stereocenters. The lowest BCUT2D eigenvalue weighted by atomic mass is 9.87. The quantitative estimate of drug-likeness (QED) is 0.890. The van der Waals surface area contributed by atoms with Crippen molar-refractivity contribution in [3.63, 3.8) is 0 Å². The van der Waals surface area contributed by atoms with Gasteiger partial charge in [-0.15, -0.1) is 0 Å². The van der Waals surface area contributed by atoms with E-state index in [1.54, 1.807) is 6.20 Å². The van der Waals surface area contributed by atoms with E-state index in [0.29, 0.717) is 16.3 Å². The van der Waals surface area contributed by atoms with Crippen LogP contribution in [0.1, 0.15) is 32.6 Å². The SMILES string of the molecule is CC1CCCC(Nc2ncc(Br)cc2F)C1. The van der Waals surface area contributed by atoms with Crippen molar-refractivity contribution >= 4 is 21.7 Å². The fraction of sp³-hybridized carbons (Fsp3) is 0.583. The molecule has 1 aromatic heterocycles. The Hall–Kier alpha value is -0.640. The van der Waals surface area contributed by atoms with Crippen LogP contribution >= 0.6 is 15.9 Å². The third kappa shape index (κ3) is 2.94. The molecule has 0 radical (unpaired) electrons. The summed E-state index contributed by atoms with van der Waals surface area (Å²) in [6.45, 7) is 2.25. The van der Waals surface area contributed by atoms with Crippen LogP contribution in [-0.4, -0.2) is 11.0 Å². The Morgan fingerprint density at radius 2 is 2.31 bits per heavy atom. The largest absolute Gasteiger partial charge is 0.365 e. The van der Waals surface area contributed by atoms with E-state index in [1.165, 1.54) is 18.9 Å². The predicted octanol–water partition coefficient (Wildman–Crippen LogP) is 3.97. The molecule has 1 saturated carbocycles. The van der Waals surface area contributed by atoms with Gasteiger partial charge in [-0.1, -0.05) is 19.8 Å². The van der Waals surface area contributed by atoms with Crippen molar-refractivity contribution in [2.24, 2.45) is 5.92 Å². The molecule has 88 valence electrons. The van der Waals surface area contributed by atoms with Crippen molar-refractivity contribution in [2.45, 2.75) is 38.6 Å². The van der Waals surface area contributed by atoms with E-state index in [9.17, 15) is 4.39 Å². The molecule has 0 bridgehead atoms. The number of hydrogen-bond acceptors (Lipinski definition) is 2. The second-order valence-electron chi connectivity index (χ2n) is 4.60. The molecule has 2 unspecified atom stereocenters. The van der Waals surface area contributed by atoms with Gasteiger partial charge in [-0.3, -0.25) is 0 Å². The Bertz CT molecular complexity index is 370. The maximum atomic E-state index is 13.5. The van der Waals surface area contributed by atoms with Crippen LogP contribution in [0.3, 0.4) is 0 Å². The number of nitrogens with one attached hydrogen (secondary N) is 1. The highest BCUT2D eigenvalue weighted by molar-refractivity contribution is 9.10. The van der Waals surface area contributed by atoms with E-state index in [1.807, 2.05) is 0 Å². The van der Waals surface area contributed by atoms with Gasteiger partial charge in [0.25, 0.3) is 0 Å². The number of hydrogen-bond donors (Lipinski definition) is 1. The molecule has 2 rings (SSSR count).